The van der Waals surface area contributed by atoms with Crippen LogP contribution in [0.4, 0.5) is 4.79 Å². The molecule has 1 aromatic carbocycles. The molecule has 0 aliphatic rings. The van der Waals surface area contributed by atoms with Gasteiger partial charge in [-0.15, -0.1) is 0 Å². The van der Waals surface area contributed by atoms with Gasteiger partial charge in [-0.3, -0.25) is 0 Å². The molecule has 4 nitrogen and oxygen atoms in total. The number of rotatable bonds is 6. The van der Waals surface area contributed by atoms with Crippen molar-refractivity contribution in [3.05, 3.63) is 29.8 Å². The number of carbonyl (C=O) groups excluding carboxylic acids is 1. The molecule has 0 fully saturated rings. The molecular weight excluding hydrogens is 228 g/mol. The van der Waals surface area contributed by atoms with Crippen LogP contribution >= 0.6 is 0 Å². The smallest absolute Gasteiger partial charge is 0.314 e. The summed E-state index contributed by atoms with van der Waals surface area (Å²) < 4.78 is 5.55. The lowest BCUT2D eigenvalue weighted by Gasteiger charge is -2.10. The fraction of sp³-hybridized carbons (Fsp3) is 0.500. The predicted molar refractivity (Wildman–Crippen MR) is 73.0 cm³/mol. The molecule has 0 aliphatic heterocycles. The van der Waals surface area contributed by atoms with Gasteiger partial charge >= 0.3 is 6.03 Å². The number of hydrogen-bond acceptors (Lipinski definition) is 2. The molecule has 0 bridgehead atoms. The SMILES string of the molecule is Cc1ccc(OCCCNC(=O)NC(C)C)cc1. The van der Waals surface area contributed by atoms with Crippen LogP contribution in [0.2, 0.25) is 0 Å². The molecule has 0 spiro atoms. The monoisotopic (exact) mass is 250 g/mol. The van der Waals surface area contributed by atoms with Gasteiger partial charge in [0.2, 0.25) is 0 Å². The van der Waals surface area contributed by atoms with Gasteiger partial charge in [-0.1, -0.05) is 17.7 Å². The lowest BCUT2D eigenvalue weighted by Crippen LogP contribution is -2.40. The number of carbonyl (C=O) groups is 1. The first-order valence-electron chi connectivity index (χ1n) is 6.32. The molecule has 100 valence electrons. The minimum atomic E-state index is -0.125. The summed E-state index contributed by atoms with van der Waals surface area (Å²) in [6, 6.07) is 7.98. The van der Waals surface area contributed by atoms with Gasteiger partial charge in [0.05, 0.1) is 6.61 Å². The third-order valence-electron chi connectivity index (χ3n) is 2.32. The van der Waals surface area contributed by atoms with Crippen LogP contribution in [0.15, 0.2) is 24.3 Å². The molecule has 1 aromatic rings. The third kappa shape index (κ3) is 6.13. The zero-order valence-electron chi connectivity index (χ0n) is 11.3. The number of aryl methyl sites for hydroxylation is 1. The van der Waals surface area contributed by atoms with Gasteiger partial charge in [-0.2, -0.15) is 0 Å². The van der Waals surface area contributed by atoms with Gasteiger partial charge in [0, 0.05) is 12.6 Å². The predicted octanol–water partition coefficient (Wildman–Crippen LogP) is 2.47. The highest BCUT2D eigenvalue weighted by atomic mass is 16.5. The molecule has 0 aromatic heterocycles. The second kappa shape index (κ2) is 7.58. The maximum atomic E-state index is 11.3. The van der Waals surface area contributed by atoms with Gasteiger partial charge in [-0.25, -0.2) is 4.79 Å². The molecule has 0 radical (unpaired) electrons. The highest BCUT2D eigenvalue weighted by Gasteiger charge is 2.00. The van der Waals surface area contributed by atoms with Crippen LogP contribution in [0.5, 0.6) is 5.75 Å². The highest BCUT2D eigenvalue weighted by Crippen LogP contribution is 2.11. The fourth-order valence-corrected chi connectivity index (χ4v) is 1.41. The normalized spacial score (nSPS) is 10.2. The molecule has 0 saturated heterocycles. The van der Waals surface area contributed by atoms with E-state index < -0.39 is 0 Å². The Kier molecular flexibility index (Phi) is 6.05. The van der Waals surface area contributed by atoms with E-state index in [0.717, 1.165) is 12.2 Å². The first kappa shape index (κ1) is 14.4. The van der Waals surface area contributed by atoms with Crippen molar-refractivity contribution in [1.82, 2.24) is 10.6 Å². The molecule has 0 unspecified atom stereocenters. The lowest BCUT2D eigenvalue weighted by molar-refractivity contribution is 0.237. The summed E-state index contributed by atoms with van der Waals surface area (Å²) >= 11 is 0. The highest BCUT2D eigenvalue weighted by molar-refractivity contribution is 5.73. The Morgan fingerprint density at radius 2 is 1.94 bits per heavy atom. The van der Waals surface area contributed by atoms with Crippen molar-refractivity contribution in [2.24, 2.45) is 0 Å². The van der Waals surface area contributed by atoms with E-state index in [4.69, 9.17) is 4.74 Å². The van der Waals surface area contributed by atoms with Crippen molar-refractivity contribution in [3.8, 4) is 5.75 Å². The minimum Gasteiger partial charge on any atom is -0.494 e. The van der Waals surface area contributed by atoms with E-state index >= 15 is 0 Å². The van der Waals surface area contributed by atoms with Crippen molar-refractivity contribution in [2.45, 2.75) is 33.2 Å². The Balaban J connectivity index is 2.08. The average molecular weight is 250 g/mol. The van der Waals surface area contributed by atoms with Crippen LogP contribution in [0.3, 0.4) is 0 Å². The van der Waals surface area contributed by atoms with Crippen LogP contribution in [0.25, 0.3) is 0 Å². The largest absolute Gasteiger partial charge is 0.494 e. The van der Waals surface area contributed by atoms with E-state index in [1.807, 2.05) is 45.0 Å². The molecule has 0 aliphatic carbocycles. The molecule has 0 atom stereocenters. The maximum absolute atomic E-state index is 11.3. The van der Waals surface area contributed by atoms with E-state index in [2.05, 4.69) is 10.6 Å². The quantitative estimate of drug-likeness (QED) is 0.762. The maximum Gasteiger partial charge on any atom is 0.314 e. The van der Waals surface area contributed by atoms with E-state index in [1.165, 1.54) is 5.56 Å². The Morgan fingerprint density at radius 1 is 1.28 bits per heavy atom. The molecular formula is C14H22N2O2. The molecule has 2 N–H and O–H groups in total. The summed E-state index contributed by atoms with van der Waals surface area (Å²) in [6.07, 6.45) is 0.791. The topological polar surface area (TPSA) is 50.4 Å². The van der Waals surface area contributed by atoms with Crippen LogP contribution < -0.4 is 15.4 Å². The standard InChI is InChI=1S/C14H22N2O2/c1-11(2)16-14(17)15-9-4-10-18-13-7-5-12(3)6-8-13/h5-8,11H,4,9-10H2,1-3H3,(H2,15,16,17). The van der Waals surface area contributed by atoms with Gasteiger partial charge in [0.15, 0.2) is 0 Å². The van der Waals surface area contributed by atoms with Crippen molar-refractivity contribution in [1.29, 1.82) is 0 Å². The first-order valence-corrected chi connectivity index (χ1v) is 6.32. The van der Waals surface area contributed by atoms with E-state index in [1.54, 1.807) is 0 Å². The van der Waals surface area contributed by atoms with Crippen molar-refractivity contribution < 1.29 is 9.53 Å². The number of hydrogen-bond donors (Lipinski definition) is 2. The van der Waals surface area contributed by atoms with Gasteiger partial charge < -0.3 is 15.4 Å². The molecule has 1 rings (SSSR count). The number of amides is 2. The van der Waals surface area contributed by atoms with E-state index in [9.17, 15) is 4.79 Å². The molecule has 0 saturated carbocycles. The van der Waals surface area contributed by atoms with Crippen LogP contribution in [0.1, 0.15) is 25.8 Å². The summed E-state index contributed by atoms with van der Waals surface area (Å²) in [7, 11) is 0. The molecule has 0 heterocycles. The van der Waals surface area contributed by atoms with E-state index in [0.29, 0.717) is 13.2 Å². The summed E-state index contributed by atoms with van der Waals surface area (Å²) in [4.78, 5) is 11.3. The van der Waals surface area contributed by atoms with E-state index in [-0.39, 0.29) is 12.1 Å². The minimum absolute atomic E-state index is 0.125. The Morgan fingerprint density at radius 3 is 2.56 bits per heavy atom. The zero-order chi connectivity index (χ0) is 13.4. The van der Waals surface area contributed by atoms with Crippen molar-refractivity contribution >= 4 is 6.03 Å². The first-order chi connectivity index (χ1) is 8.58. The van der Waals surface area contributed by atoms with Crippen molar-refractivity contribution in [3.63, 3.8) is 0 Å². The average Bonchev–Trinajstić information content (AvgIpc) is 2.30. The Bertz CT molecular complexity index is 361. The van der Waals surface area contributed by atoms with Crippen LogP contribution in [0, 0.1) is 6.92 Å². The number of nitrogens with one attached hydrogen (secondary N) is 2. The summed E-state index contributed by atoms with van der Waals surface area (Å²) in [5.41, 5.74) is 1.22. The zero-order valence-corrected chi connectivity index (χ0v) is 11.3. The lowest BCUT2D eigenvalue weighted by atomic mass is 10.2. The van der Waals surface area contributed by atoms with Crippen molar-refractivity contribution in [2.75, 3.05) is 13.2 Å². The second-order valence-electron chi connectivity index (χ2n) is 4.57. The Labute approximate surface area is 109 Å². The summed E-state index contributed by atoms with van der Waals surface area (Å²) in [5, 5.41) is 5.55. The van der Waals surface area contributed by atoms with Gasteiger partial charge in [-0.05, 0) is 39.3 Å². The molecule has 18 heavy (non-hydrogen) atoms. The number of benzene rings is 1. The summed E-state index contributed by atoms with van der Waals surface area (Å²) in [5.74, 6) is 0.868. The number of urea groups is 1. The van der Waals surface area contributed by atoms with Gasteiger partial charge in [0.1, 0.15) is 5.75 Å². The fourth-order valence-electron chi connectivity index (χ4n) is 1.41. The molecule has 2 amide bonds. The van der Waals surface area contributed by atoms with Crippen LogP contribution in [-0.2, 0) is 0 Å². The Hall–Kier alpha value is -1.71. The third-order valence-corrected chi connectivity index (χ3v) is 2.32. The second-order valence-corrected chi connectivity index (χ2v) is 4.57. The van der Waals surface area contributed by atoms with Gasteiger partial charge in [0.25, 0.3) is 0 Å². The summed E-state index contributed by atoms with van der Waals surface area (Å²) in [6.45, 7) is 7.12. The van der Waals surface area contributed by atoms with Crippen LogP contribution in [-0.4, -0.2) is 25.2 Å². The number of ether oxygens (including phenoxy) is 1. The molecule has 4 heteroatoms.